The predicted octanol–water partition coefficient (Wildman–Crippen LogP) is 4.84. The highest BCUT2D eigenvalue weighted by atomic mass is 16.1. The van der Waals surface area contributed by atoms with Gasteiger partial charge in [0.25, 0.3) is 0 Å². The molecule has 2 aromatic rings. The van der Waals surface area contributed by atoms with E-state index in [2.05, 4.69) is 72.3 Å². The quantitative estimate of drug-likeness (QED) is 0.646. The molecule has 0 spiro atoms. The first-order valence-corrected chi connectivity index (χ1v) is 10.7. The van der Waals surface area contributed by atoms with E-state index in [1.54, 1.807) is 0 Å². The summed E-state index contributed by atoms with van der Waals surface area (Å²) in [6, 6.07) is 16.6. The maximum atomic E-state index is 13.0. The van der Waals surface area contributed by atoms with Crippen LogP contribution in [0.2, 0.25) is 0 Å². The molecule has 5 nitrogen and oxygen atoms in total. The number of carbonyl (C=O) groups is 1. The second-order valence-corrected chi connectivity index (χ2v) is 8.30. The van der Waals surface area contributed by atoms with Gasteiger partial charge in [0.05, 0.1) is 24.5 Å². The minimum atomic E-state index is 0.0497. The van der Waals surface area contributed by atoms with Crippen molar-refractivity contribution in [3.8, 4) is 0 Å². The lowest BCUT2D eigenvalue weighted by Crippen LogP contribution is -2.39. The van der Waals surface area contributed by atoms with E-state index in [1.807, 2.05) is 48.5 Å². The largest absolute Gasteiger partial charge is 0.290 e. The number of hydrogen-bond donors (Lipinski definition) is 0. The maximum Gasteiger partial charge on any atom is 0.193 e. The zero-order chi connectivity index (χ0) is 21.3. The van der Waals surface area contributed by atoms with E-state index in [9.17, 15) is 4.79 Å². The summed E-state index contributed by atoms with van der Waals surface area (Å²) >= 11 is 0. The van der Waals surface area contributed by atoms with Gasteiger partial charge in [-0.25, -0.2) is 0 Å². The summed E-state index contributed by atoms with van der Waals surface area (Å²) in [6.45, 7) is 10.4. The van der Waals surface area contributed by atoms with Crippen molar-refractivity contribution in [3.05, 3.63) is 84.2 Å². The van der Waals surface area contributed by atoms with Gasteiger partial charge in [0, 0.05) is 35.6 Å². The van der Waals surface area contributed by atoms with Crippen molar-refractivity contribution in [1.29, 1.82) is 0 Å². The smallest absolute Gasteiger partial charge is 0.193 e. The fourth-order valence-electron chi connectivity index (χ4n) is 3.98. The fourth-order valence-corrected chi connectivity index (χ4v) is 3.98. The Kier molecular flexibility index (Phi) is 5.53. The van der Waals surface area contributed by atoms with Gasteiger partial charge in [0.2, 0.25) is 0 Å². The predicted molar refractivity (Wildman–Crippen MR) is 123 cm³/mol. The Bertz CT molecular complexity index is 867. The Labute approximate surface area is 179 Å². The van der Waals surface area contributed by atoms with E-state index in [4.69, 9.17) is 0 Å². The number of nitrogens with zero attached hydrogens (tertiary/aromatic N) is 4. The SMILES string of the molecule is CC(C)N1C=CCN1c1ccc(C(=O)c2ccc(N3CC=CN3C(C)C)cc2)cc1. The second-order valence-electron chi connectivity index (χ2n) is 8.30. The standard InChI is InChI=1S/C25H30N4O/c1-19(2)26-15-5-17-28(26)23-11-7-21(8-12-23)25(30)22-9-13-24(14-10-22)29-18-6-16-27(29)20(3)4/h5-16,19-20H,17-18H2,1-4H3. The number of rotatable bonds is 6. The molecule has 2 heterocycles. The van der Waals surface area contributed by atoms with Crippen molar-refractivity contribution in [2.24, 2.45) is 0 Å². The van der Waals surface area contributed by atoms with Gasteiger partial charge in [0.15, 0.2) is 5.78 Å². The molecule has 30 heavy (non-hydrogen) atoms. The molecule has 0 radical (unpaired) electrons. The summed E-state index contributed by atoms with van der Waals surface area (Å²) in [5.41, 5.74) is 3.61. The van der Waals surface area contributed by atoms with Gasteiger partial charge in [-0.2, -0.15) is 0 Å². The summed E-state index contributed by atoms with van der Waals surface area (Å²) in [5.74, 6) is 0.0497. The first-order valence-electron chi connectivity index (χ1n) is 10.7. The van der Waals surface area contributed by atoms with Gasteiger partial charge in [-0.05, 0) is 88.4 Å². The van der Waals surface area contributed by atoms with Crippen molar-refractivity contribution in [1.82, 2.24) is 10.0 Å². The van der Waals surface area contributed by atoms with E-state index >= 15 is 0 Å². The molecule has 0 amide bonds. The summed E-state index contributed by atoms with van der Waals surface area (Å²) in [7, 11) is 0. The van der Waals surface area contributed by atoms with Crippen molar-refractivity contribution in [2.75, 3.05) is 23.1 Å². The summed E-state index contributed by atoms with van der Waals surface area (Å²) < 4.78 is 0. The van der Waals surface area contributed by atoms with Crippen LogP contribution in [0, 0.1) is 0 Å². The average Bonchev–Trinajstić information content (AvgIpc) is 3.43. The number of carbonyl (C=O) groups excluding carboxylic acids is 1. The molecule has 2 aliphatic heterocycles. The number of hydrazine groups is 2. The van der Waals surface area contributed by atoms with Crippen LogP contribution in [0.5, 0.6) is 0 Å². The molecule has 0 unspecified atom stereocenters. The molecule has 0 saturated carbocycles. The lowest BCUT2D eigenvalue weighted by Gasteiger charge is -2.34. The Morgan fingerprint density at radius 1 is 0.667 bits per heavy atom. The van der Waals surface area contributed by atoms with E-state index in [0.29, 0.717) is 23.2 Å². The highest BCUT2D eigenvalue weighted by Crippen LogP contribution is 2.25. The normalized spacial score (nSPS) is 15.9. The number of anilines is 2. The van der Waals surface area contributed by atoms with Crippen LogP contribution in [-0.2, 0) is 0 Å². The zero-order valence-corrected chi connectivity index (χ0v) is 18.2. The molecule has 0 aliphatic carbocycles. The highest BCUT2D eigenvalue weighted by Gasteiger charge is 2.21. The number of benzene rings is 2. The molecule has 2 aromatic carbocycles. The third kappa shape index (κ3) is 3.80. The van der Waals surface area contributed by atoms with Crippen LogP contribution in [0.1, 0.15) is 43.6 Å². The van der Waals surface area contributed by atoms with Gasteiger partial charge in [-0.15, -0.1) is 0 Å². The van der Waals surface area contributed by atoms with E-state index in [0.717, 1.165) is 24.5 Å². The fraction of sp³-hybridized carbons (Fsp3) is 0.320. The Hall–Kier alpha value is -3.21. The van der Waals surface area contributed by atoms with Crippen molar-refractivity contribution >= 4 is 17.2 Å². The molecule has 0 atom stereocenters. The van der Waals surface area contributed by atoms with E-state index < -0.39 is 0 Å². The van der Waals surface area contributed by atoms with Crippen LogP contribution in [-0.4, -0.2) is 41.0 Å². The van der Waals surface area contributed by atoms with Crippen molar-refractivity contribution < 1.29 is 4.79 Å². The summed E-state index contributed by atoms with van der Waals surface area (Å²) in [5, 5.41) is 8.86. The summed E-state index contributed by atoms with van der Waals surface area (Å²) in [6.07, 6.45) is 8.52. The topological polar surface area (TPSA) is 30.0 Å². The van der Waals surface area contributed by atoms with Crippen molar-refractivity contribution in [3.63, 3.8) is 0 Å². The van der Waals surface area contributed by atoms with Crippen LogP contribution in [0.4, 0.5) is 11.4 Å². The molecule has 156 valence electrons. The van der Waals surface area contributed by atoms with Gasteiger partial charge in [0.1, 0.15) is 0 Å². The summed E-state index contributed by atoms with van der Waals surface area (Å²) in [4.78, 5) is 13.0. The Morgan fingerprint density at radius 2 is 1.03 bits per heavy atom. The molecular weight excluding hydrogens is 372 g/mol. The average molecular weight is 403 g/mol. The molecule has 2 aliphatic rings. The number of ketones is 1. The minimum Gasteiger partial charge on any atom is -0.290 e. The van der Waals surface area contributed by atoms with Gasteiger partial charge < -0.3 is 0 Å². The van der Waals surface area contributed by atoms with Gasteiger partial charge >= 0.3 is 0 Å². The third-order valence-corrected chi connectivity index (χ3v) is 5.54. The lowest BCUT2D eigenvalue weighted by atomic mass is 10.0. The van der Waals surface area contributed by atoms with Crippen LogP contribution < -0.4 is 10.0 Å². The third-order valence-electron chi connectivity index (χ3n) is 5.54. The molecular formula is C25H30N4O. The van der Waals surface area contributed by atoms with E-state index in [1.165, 1.54) is 0 Å². The second kappa shape index (κ2) is 8.27. The van der Waals surface area contributed by atoms with Crippen LogP contribution in [0.3, 0.4) is 0 Å². The van der Waals surface area contributed by atoms with Gasteiger partial charge in [-0.3, -0.25) is 24.8 Å². The number of hydrogen-bond acceptors (Lipinski definition) is 5. The molecule has 0 saturated heterocycles. The molecule has 5 heteroatoms. The molecule has 4 rings (SSSR count). The lowest BCUT2D eigenvalue weighted by molar-refractivity contribution is 0.103. The Balaban J connectivity index is 1.47. The molecule has 0 aromatic heterocycles. The Morgan fingerprint density at radius 3 is 1.37 bits per heavy atom. The van der Waals surface area contributed by atoms with Crippen LogP contribution in [0.15, 0.2) is 73.1 Å². The van der Waals surface area contributed by atoms with E-state index in [-0.39, 0.29) is 5.78 Å². The molecule has 0 bridgehead atoms. The molecule has 0 fully saturated rings. The molecule has 0 N–H and O–H groups in total. The van der Waals surface area contributed by atoms with Gasteiger partial charge in [-0.1, -0.05) is 0 Å². The van der Waals surface area contributed by atoms with Crippen LogP contribution in [0.25, 0.3) is 0 Å². The maximum absolute atomic E-state index is 13.0. The van der Waals surface area contributed by atoms with Crippen molar-refractivity contribution in [2.45, 2.75) is 39.8 Å². The zero-order valence-electron chi connectivity index (χ0n) is 18.2. The first-order chi connectivity index (χ1) is 14.5. The highest BCUT2D eigenvalue weighted by molar-refractivity contribution is 6.09. The first kappa shape index (κ1) is 20.1. The minimum absolute atomic E-state index is 0.0497. The van der Waals surface area contributed by atoms with Crippen LogP contribution >= 0.6 is 0 Å². The monoisotopic (exact) mass is 402 g/mol.